The molecule has 8 N–H and O–H groups in total. The number of nitrogens with zero attached hydrogens (tertiary/aromatic N) is 2. The molecule has 0 aliphatic carbocycles. The minimum absolute atomic E-state index is 0.131. The van der Waals surface area contributed by atoms with Crippen molar-refractivity contribution in [2.24, 2.45) is 21.9 Å². The average Bonchev–Trinajstić information content (AvgIpc) is 2.91. The van der Waals surface area contributed by atoms with Crippen molar-refractivity contribution in [2.75, 3.05) is 10.6 Å². The lowest BCUT2D eigenvalue weighted by molar-refractivity contribution is -0.113. The molecule has 36 heavy (non-hydrogen) atoms. The molecule has 0 aliphatic heterocycles. The maximum atomic E-state index is 12.7. The van der Waals surface area contributed by atoms with Gasteiger partial charge in [0.05, 0.1) is 12.4 Å². The van der Waals surface area contributed by atoms with Gasteiger partial charge in [-0.15, -0.1) is 0 Å². The Labute approximate surface area is 207 Å². The Morgan fingerprint density at radius 3 is 1.25 bits per heavy atom. The first kappa shape index (κ1) is 25.2. The van der Waals surface area contributed by atoms with Crippen molar-refractivity contribution in [3.63, 3.8) is 0 Å². The van der Waals surface area contributed by atoms with Crippen molar-refractivity contribution in [1.29, 1.82) is 0 Å². The third-order valence-electron chi connectivity index (χ3n) is 4.90. The Bertz CT molecular complexity index is 1230. The van der Waals surface area contributed by atoms with Gasteiger partial charge in [-0.2, -0.15) is 10.2 Å². The minimum Gasteiger partial charge on any atom is -0.506 e. The van der Waals surface area contributed by atoms with E-state index in [-0.39, 0.29) is 22.7 Å². The van der Waals surface area contributed by atoms with Crippen LogP contribution in [0.3, 0.4) is 0 Å². The molecule has 10 nitrogen and oxygen atoms in total. The van der Waals surface area contributed by atoms with Gasteiger partial charge < -0.3 is 32.5 Å². The largest absolute Gasteiger partial charge is 0.506 e. The highest BCUT2D eigenvalue weighted by Gasteiger charge is 2.17. The molecule has 0 aromatic heterocycles. The fourth-order valence-electron chi connectivity index (χ4n) is 3.14. The summed E-state index contributed by atoms with van der Waals surface area (Å²) in [6, 6.07) is 23.1. The predicted molar refractivity (Wildman–Crippen MR) is 141 cm³/mol. The number of hydrogen-bond acceptors (Lipinski definition) is 8. The molecule has 0 saturated heterocycles. The van der Waals surface area contributed by atoms with E-state index < -0.39 is 11.8 Å². The zero-order chi connectivity index (χ0) is 25.9. The van der Waals surface area contributed by atoms with Crippen LogP contribution in [0.1, 0.15) is 11.1 Å². The number of hydrogen-bond donors (Lipinski definition) is 6. The number of anilines is 2. The van der Waals surface area contributed by atoms with Crippen LogP contribution in [0, 0.1) is 0 Å². The Morgan fingerprint density at radius 2 is 0.944 bits per heavy atom. The fourth-order valence-corrected chi connectivity index (χ4v) is 3.14. The number of hydrazone groups is 2. The summed E-state index contributed by atoms with van der Waals surface area (Å²) < 4.78 is 0. The summed E-state index contributed by atoms with van der Waals surface area (Å²) in [4.78, 5) is 25.5. The molecule has 0 heterocycles. The van der Waals surface area contributed by atoms with E-state index in [2.05, 4.69) is 20.8 Å². The maximum absolute atomic E-state index is 12.7. The molecular formula is C26H24N6O4. The van der Waals surface area contributed by atoms with Gasteiger partial charge in [0.25, 0.3) is 11.8 Å². The van der Waals surface area contributed by atoms with E-state index in [1.54, 1.807) is 84.9 Å². The SMILES string of the molecule is N/N=C/C(C(=O)Nc1ccc(NC(=O)C(/C=N/N)=C(/O)c2ccccc2)cc1)=C(\O)c1ccccc1. The highest BCUT2D eigenvalue weighted by molar-refractivity contribution is 6.23. The van der Waals surface area contributed by atoms with Crippen molar-refractivity contribution in [3.05, 3.63) is 107 Å². The highest BCUT2D eigenvalue weighted by Crippen LogP contribution is 2.20. The first-order valence-corrected chi connectivity index (χ1v) is 10.6. The van der Waals surface area contributed by atoms with E-state index >= 15 is 0 Å². The molecule has 0 bridgehead atoms. The number of carbonyl (C=O) groups is 2. The van der Waals surface area contributed by atoms with E-state index in [4.69, 9.17) is 11.7 Å². The van der Waals surface area contributed by atoms with Gasteiger partial charge in [-0.05, 0) is 24.3 Å². The Balaban J connectivity index is 1.76. The lowest BCUT2D eigenvalue weighted by atomic mass is 10.1. The van der Waals surface area contributed by atoms with Crippen LogP contribution in [-0.4, -0.2) is 34.5 Å². The number of carbonyl (C=O) groups excluding carboxylic acids is 2. The van der Waals surface area contributed by atoms with Gasteiger partial charge in [-0.1, -0.05) is 60.7 Å². The van der Waals surface area contributed by atoms with Crippen molar-refractivity contribution in [1.82, 2.24) is 0 Å². The smallest absolute Gasteiger partial charge is 0.261 e. The monoisotopic (exact) mass is 484 g/mol. The average molecular weight is 485 g/mol. The third-order valence-corrected chi connectivity index (χ3v) is 4.90. The van der Waals surface area contributed by atoms with Crippen LogP contribution in [0.4, 0.5) is 11.4 Å². The van der Waals surface area contributed by atoms with Crippen molar-refractivity contribution in [3.8, 4) is 0 Å². The fraction of sp³-hybridized carbons (Fsp3) is 0. The van der Waals surface area contributed by atoms with Gasteiger partial charge >= 0.3 is 0 Å². The van der Waals surface area contributed by atoms with E-state index in [1.807, 2.05) is 0 Å². The molecule has 0 unspecified atom stereocenters. The van der Waals surface area contributed by atoms with Gasteiger partial charge in [0, 0.05) is 22.5 Å². The molecule has 0 saturated carbocycles. The molecule has 3 rings (SSSR count). The molecule has 182 valence electrons. The van der Waals surface area contributed by atoms with Gasteiger partial charge in [0.1, 0.15) is 22.7 Å². The van der Waals surface area contributed by atoms with Gasteiger partial charge in [0.15, 0.2) is 0 Å². The van der Waals surface area contributed by atoms with Gasteiger partial charge in [0.2, 0.25) is 0 Å². The maximum Gasteiger partial charge on any atom is 0.261 e. The Morgan fingerprint density at radius 1 is 0.611 bits per heavy atom. The van der Waals surface area contributed by atoms with Crippen LogP contribution in [-0.2, 0) is 9.59 Å². The van der Waals surface area contributed by atoms with Gasteiger partial charge in [-0.25, -0.2) is 0 Å². The zero-order valence-corrected chi connectivity index (χ0v) is 19.0. The van der Waals surface area contributed by atoms with Crippen molar-refractivity contribution in [2.45, 2.75) is 0 Å². The quantitative estimate of drug-likeness (QED) is 0.0939. The van der Waals surface area contributed by atoms with Crippen LogP contribution in [0.2, 0.25) is 0 Å². The minimum atomic E-state index is -0.639. The molecule has 3 aromatic carbocycles. The van der Waals surface area contributed by atoms with E-state index in [9.17, 15) is 19.8 Å². The normalized spacial score (nSPS) is 12.7. The number of nitrogens with two attached hydrogens (primary N) is 2. The third kappa shape index (κ3) is 6.35. The summed E-state index contributed by atoms with van der Waals surface area (Å²) in [5, 5.41) is 33.0. The summed E-state index contributed by atoms with van der Waals surface area (Å²) in [5.74, 6) is 8.57. The van der Waals surface area contributed by atoms with Crippen molar-refractivity contribution < 1.29 is 19.8 Å². The number of rotatable bonds is 8. The number of aliphatic hydroxyl groups is 2. The molecule has 0 atom stereocenters. The molecule has 0 fully saturated rings. The highest BCUT2D eigenvalue weighted by atomic mass is 16.3. The summed E-state index contributed by atoms with van der Waals surface area (Å²) in [6.07, 6.45) is 2.11. The first-order valence-electron chi connectivity index (χ1n) is 10.6. The topological polar surface area (TPSA) is 175 Å². The number of amides is 2. The first-order chi connectivity index (χ1) is 17.4. The lowest BCUT2D eigenvalue weighted by Crippen LogP contribution is -2.18. The molecular weight excluding hydrogens is 460 g/mol. The molecule has 3 aromatic rings. The van der Waals surface area contributed by atoms with Crippen LogP contribution < -0.4 is 22.3 Å². The standard InChI is InChI=1S/C26H24N6O4/c27-29-15-21(23(33)17-7-3-1-4-8-17)25(35)31-19-11-13-20(14-12-19)32-26(36)22(16-30-28)24(34)18-9-5-2-6-10-18/h1-16,33-34H,27-28H2,(H,31,35)(H,32,36)/b23-21+,24-22+,29-15+,30-16+. The molecule has 10 heteroatoms. The second kappa shape index (κ2) is 12.2. The van der Waals surface area contributed by atoms with Crippen LogP contribution >= 0.6 is 0 Å². The summed E-state index contributed by atoms with van der Waals surface area (Å²) >= 11 is 0. The Hall–Kier alpha value is -5.38. The lowest BCUT2D eigenvalue weighted by Gasteiger charge is -2.11. The van der Waals surface area contributed by atoms with E-state index in [1.165, 1.54) is 0 Å². The van der Waals surface area contributed by atoms with E-state index in [0.717, 1.165) is 12.4 Å². The second-order valence-electron chi connectivity index (χ2n) is 7.30. The van der Waals surface area contributed by atoms with E-state index in [0.29, 0.717) is 22.5 Å². The summed E-state index contributed by atoms with van der Waals surface area (Å²) in [5.41, 5.74) is 1.34. The van der Waals surface area contributed by atoms with Gasteiger partial charge in [-0.3, -0.25) is 9.59 Å². The van der Waals surface area contributed by atoms with Crippen LogP contribution in [0.25, 0.3) is 11.5 Å². The zero-order valence-electron chi connectivity index (χ0n) is 19.0. The number of nitrogens with one attached hydrogen (secondary N) is 2. The molecule has 0 aliphatic rings. The number of aliphatic hydroxyl groups excluding tert-OH is 2. The molecule has 0 spiro atoms. The number of benzene rings is 3. The molecule has 0 radical (unpaired) electrons. The second-order valence-corrected chi connectivity index (χ2v) is 7.30. The van der Waals surface area contributed by atoms with Crippen LogP contribution in [0.15, 0.2) is 106 Å². The summed E-state index contributed by atoms with van der Waals surface area (Å²) in [7, 11) is 0. The predicted octanol–water partition coefficient (Wildman–Crippen LogP) is 3.39. The Kier molecular flexibility index (Phi) is 8.55. The summed E-state index contributed by atoms with van der Waals surface area (Å²) in [6.45, 7) is 0. The van der Waals surface area contributed by atoms with Crippen LogP contribution in [0.5, 0.6) is 0 Å². The van der Waals surface area contributed by atoms with Crippen molar-refractivity contribution >= 4 is 47.1 Å². The molecule has 2 amide bonds.